The molecule has 6 heteroatoms. The Bertz CT molecular complexity index is 627. The number of para-hydroxylation sites is 1. The molecule has 5 nitrogen and oxygen atoms in total. The van der Waals surface area contributed by atoms with Gasteiger partial charge in [0.15, 0.2) is 11.6 Å². The molecule has 0 heterocycles. The smallest absolute Gasteiger partial charge is 0.269 e. The van der Waals surface area contributed by atoms with Crippen LogP contribution < -0.4 is 10.5 Å². The van der Waals surface area contributed by atoms with Gasteiger partial charge in [0.25, 0.3) is 5.69 Å². The first-order valence-electron chi connectivity index (χ1n) is 5.95. The number of nitrogens with zero attached hydrogens (tertiary/aromatic N) is 1. The van der Waals surface area contributed by atoms with E-state index in [4.69, 9.17) is 10.5 Å². The van der Waals surface area contributed by atoms with Gasteiger partial charge in [0.2, 0.25) is 0 Å². The molecular weight excluding hydrogens is 263 g/mol. The third-order valence-electron chi connectivity index (χ3n) is 2.76. The zero-order valence-electron chi connectivity index (χ0n) is 10.7. The van der Waals surface area contributed by atoms with Gasteiger partial charge in [-0.1, -0.05) is 12.1 Å². The molecular formula is C14H13FN2O3. The summed E-state index contributed by atoms with van der Waals surface area (Å²) < 4.78 is 19.3. The van der Waals surface area contributed by atoms with E-state index in [1.165, 1.54) is 30.3 Å². The molecule has 1 atom stereocenters. The first-order valence-corrected chi connectivity index (χ1v) is 5.95. The highest BCUT2D eigenvalue weighted by molar-refractivity contribution is 5.43. The zero-order valence-corrected chi connectivity index (χ0v) is 10.7. The van der Waals surface area contributed by atoms with Crippen molar-refractivity contribution in [1.29, 1.82) is 0 Å². The SMILES string of the molecule is C[C@H](N)c1cccc(F)c1Oc1ccc([N+](=O)[O-])cc1. The number of rotatable bonds is 4. The number of halogens is 1. The molecule has 104 valence electrons. The minimum Gasteiger partial charge on any atom is -0.454 e. The van der Waals surface area contributed by atoms with E-state index in [0.717, 1.165) is 0 Å². The van der Waals surface area contributed by atoms with Crippen LogP contribution in [-0.2, 0) is 0 Å². The zero-order chi connectivity index (χ0) is 14.7. The van der Waals surface area contributed by atoms with Crippen molar-refractivity contribution in [2.24, 2.45) is 5.73 Å². The second-order valence-electron chi connectivity index (χ2n) is 4.30. The lowest BCUT2D eigenvalue weighted by Crippen LogP contribution is -2.07. The van der Waals surface area contributed by atoms with E-state index in [1.54, 1.807) is 19.1 Å². The third-order valence-corrected chi connectivity index (χ3v) is 2.76. The van der Waals surface area contributed by atoms with Gasteiger partial charge in [0, 0.05) is 23.7 Å². The maximum atomic E-state index is 13.8. The molecule has 2 aromatic rings. The van der Waals surface area contributed by atoms with Crippen LogP contribution in [0.5, 0.6) is 11.5 Å². The lowest BCUT2D eigenvalue weighted by Gasteiger charge is -2.14. The lowest BCUT2D eigenvalue weighted by molar-refractivity contribution is -0.384. The molecule has 0 aliphatic carbocycles. The topological polar surface area (TPSA) is 78.4 Å². The summed E-state index contributed by atoms with van der Waals surface area (Å²) in [5.41, 5.74) is 6.24. The number of nitro benzene ring substituents is 1. The van der Waals surface area contributed by atoms with Crippen LogP contribution in [0.2, 0.25) is 0 Å². The van der Waals surface area contributed by atoms with Crippen molar-refractivity contribution in [1.82, 2.24) is 0 Å². The minimum atomic E-state index is -0.529. The van der Waals surface area contributed by atoms with E-state index < -0.39 is 16.8 Å². The van der Waals surface area contributed by atoms with Crippen LogP contribution in [0.15, 0.2) is 42.5 Å². The van der Waals surface area contributed by atoms with Gasteiger partial charge in [-0.2, -0.15) is 0 Å². The van der Waals surface area contributed by atoms with Crippen molar-refractivity contribution < 1.29 is 14.1 Å². The van der Waals surface area contributed by atoms with Crippen molar-refractivity contribution in [2.75, 3.05) is 0 Å². The normalized spacial score (nSPS) is 11.9. The molecule has 20 heavy (non-hydrogen) atoms. The monoisotopic (exact) mass is 276 g/mol. The highest BCUT2D eigenvalue weighted by Gasteiger charge is 2.14. The van der Waals surface area contributed by atoms with E-state index in [1.807, 2.05) is 0 Å². The average molecular weight is 276 g/mol. The Morgan fingerprint density at radius 1 is 1.25 bits per heavy atom. The molecule has 0 amide bonds. The maximum Gasteiger partial charge on any atom is 0.269 e. The van der Waals surface area contributed by atoms with Crippen LogP contribution in [-0.4, -0.2) is 4.92 Å². The second kappa shape index (κ2) is 5.66. The quantitative estimate of drug-likeness (QED) is 0.684. The number of non-ortho nitro benzene ring substituents is 1. The van der Waals surface area contributed by atoms with Crippen molar-refractivity contribution in [3.63, 3.8) is 0 Å². The molecule has 0 aromatic heterocycles. The first-order chi connectivity index (χ1) is 9.49. The molecule has 2 N–H and O–H groups in total. The highest BCUT2D eigenvalue weighted by Crippen LogP contribution is 2.32. The molecule has 0 saturated carbocycles. The fraction of sp³-hybridized carbons (Fsp3) is 0.143. The fourth-order valence-electron chi connectivity index (χ4n) is 1.75. The number of nitrogens with two attached hydrogens (primary N) is 1. The maximum absolute atomic E-state index is 13.8. The molecule has 0 spiro atoms. The lowest BCUT2D eigenvalue weighted by atomic mass is 10.1. The molecule has 0 unspecified atom stereocenters. The van der Waals surface area contributed by atoms with E-state index >= 15 is 0 Å². The summed E-state index contributed by atoms with van der Waals surface area (Å²) >= 11 is 0. The van der Waals surface area contributed by atoms with Gasteiger partial charge in [-0.25, -0.2) is 4.39 Å². The number of hydrogen-bond acceptors (Lipinski definition) is 4. The highest BCUT2D eigenvalue weighted by atomic mass is 19.1. The summed E-state index contributed by atoms with van der Waals surface area (Å²) in [6.45, 7) is 1.72. The summed E-state index contributed by atoms with van der Waals surface area (Å²) in [5, 5.41) is 10.6. The number of benzene rings is 2. The molecule has 0 saturated heterocycles. The molecule has 2 aromatic carbocycles. The van der Waals surface area contributed by atoms with Gasteiger partial charge in [0.05, 0.1) is 4.92 Å². The predicted octanol–water partition coefficient (Wildman–Crippen LogP) is 3.55. The molecule has 0 aliphatic heterocycles. The molecule has 0 aliphatic rings. The predicted molar refractivity (Wildman–Crippen MR) is 72.2 cm³/mol. The fourth-order valence-corrected chi connectivity index (χ4v) is 1.75. The van der Waals surface area contributed by atoms with Gasteiger partial charge in [-0.05, 0) is 25.1 Å². The second-order valence-corrected chi connectivity index (χ2v) is 4.30. The Labute approximate surface area is 114 Å². The van der Waals surface area contributed by atoms with Gasteiger partial charge in [-0.15, -0.1) is 0 Å². The molecule has 0 fully saturated rings. The van der Waals surface area contributed by atoms with Gasteiger partial charge in [0.1, 0.15) is 5.75 Å². The standard InChI is InChI=1S/C14H13FN2O3/c1-9(16)12-3-2-4-13(15)14(12)20-11-7-5-10(6-8-11)17(18)19/h2-9H,16H2,1H3/t9-/m0/s1. The van der Waals surface area contributed by atoms with Gasteiger partial charge in [-0.3, -0.25) is 10.1 Å². The number of hydrogen-bond donors (Lipinski definition) is 1. The largest absolute Gasteiger partial charge is 0.454 e. The Morgan fingerprint density at radius 2 is 1.90 bits per heavy atom. The molecule has 0 radical (unpaired) electrons. The van der Waals surface area contributed by atoms with Crippen molar-refractivity contribution in [2.45, 2.75) is 13.0 Å². The number of nitro groups is 1. The van der Waals surface area contributed by atoms with Crippen LogP contribution in [0, 0.1) is 15.9 Å². The van der Waals surface area contributed by atoms with Crippen LogP contribution in [0.3, 0.4) is 0 Å². The average Bonchev–Trinajstić information content (AvgIpc) is 2.41. The van der Waals surface area contributed by atoms with Crippen LogP contribution in [0.25, 0.3) is 0 Å². The van der Waals surface area contributed by atoms with Crippen molar-refractivity contribution in [3.05, 3.63) is 64.0 Å². The first kappa shape index (κ1) is 14.0. The minimum absolute atomic E-state index is 0.0383. The van der Waals surface area contributed by atoms with E-state index in [2.05, 4.69) is 0 Å². The summed E-state index contributed by atoms with van der Waals surface area (Å²) in [7, 11) is 0. The van der Waals surface area contributed by atoms with Crippen LogP contribution in [0.1, 0.15) is 18.5 Å². The summed E-state index contributed by atoms with van der Waals surface area (Å²) in [4.78, 5) is 10.0. The summed E-state index contributed by atoms with van der Waals surface area (Å²) in [6.07, 6.45) is 0. The van der Waals surface area contributed by atoms with E-state index in [-0.39, 0.29) is 11.4 Å². The molecule has 0 bridgehead atoms. The van der Waals surface area contributed by atoms with E-state index in [0.29, 0.717) is 11.3 Å². The summed E-state index contributed by atoms with van der Waals surface area (Å²) in [6, 6.07) is 9.52. The van der Waals surface area contributed by atoms with Crippen LogP contribution in [0.4, 0.5) is 10.1 Å². The van der Waals surface area contributed by atoms with Crippen molar-refractivity contribution >= 4 is 5.69 Å². The van der Waals surface area contributed by atoms with Gasteiger partial charge < -0.3 is 10.5 Å². The Morgan fingerprint density at radius 3 is 2.45 bits per heavy atom. The Balaban J connectivity index is 2.32. The van der Waals surface area contributed by atoms with Crippen molar-refractivity contribution in [3.8, 4) is 11.5 Å². The van der Waals surface area contributed by atoms with E-state index in [9.17, 15) is 14.5 Å². The summed E-state index contributed by atoms with van der Waals surface area (Å²) in [5.74, 6) is -0.183. The van der Waals surface area contributed by atoms with Gasteiger partial charge >= 0.3 is 0 Å². The Kier molecular flexibility index (Phi) is 3.95. The molecule has 2 rings (SSSR count). The van der Waals surface area contributed by atoms with Crippen LogP contribution >= 0.6 is 0 Å². The number of ether oxygens (including phenoxy) is 1. The third kappa shape index (κ3) is 2.92. The Hall–Kier alpha value is -2.47.